The Kier molecular flexibility index (Phi) is 1.77. The molecule has 0 bridgehead atoms. The Morgan fingerprint density at radius 3 is 3.17 bits per heavy atom. The largest absolute Gasteiger partial charge is 0.508 e. The maximum Gasteiger partial charge on any atom is 0.121 e. The molecule has 0 radical (unpaired) electrons. The molecule has 1 aromatic rings. The molecule has 2 nitrogen and oxygen atoms in total. The van der Waals surface area contributed by atoms with Gasteiger partial charge in [0.15, 0.2) is 0 Å². The SMILES string of the molecule is C[C@H]1Cc2cccc(O)c2CO1. The minimum Gasteiger partial charge on any atom is -0.508 e. The number of benzene rings is 1. The summed E-state index contributed by atoms with van der Waals surface area (Å²) in [5.41, 5.74) is 2.17. The van der Waals surface area contributed by atoms with Gasteiger partial charge in [0.1, 0.15) is 5.75 Å². The standard InChI is InChI=1S/C10H12O2/c1-7-5-8-3-2-4-10(11)9(8)6-12-7/h2-4,7,11H,5-6H2,1H3/t7-/m0/s1. The van der Waals surface area contributed by atoms with Gasteiger partial charge in [-0.15, -0.1) is 0 Å². The Bertz CT molecular complexity index is 294. The van der Waals surface area contributed by atoms with Crippen molar-refractivity contribution >= 4 is 0 Å². The van der Waals surface area contributed by atoms with E-state index in [0.29, 0.717) is 12.4 Å². The Morgan fingerprint density at radius 2 is 2.33 bits per heavy atom. The van der Waals surface area contributed by atoms with E-state index >= 15 is 0 Å². The van der Waals surface area contributed by atoms with Crippen LogP contribution in [0.5, 0.6) is 5.75 Å². The molecule has 64 valence electrons. The molecule has 1 aliphatic rings. The highest BCUT2D eigenvalue weighted by Crippen LogP contribution is 2.27. The summed E-state index contributed by atoms with van der Waals surface area (Å²) in [5, 5.41) is 9.46. The molecule has 2 heteroatoms. The van der Waals surface area contributed by atoms with Gasteiger partial charge < -0.3 is 9.84 Å². The van der Waals surface area contributed by atoms with Crippen LogP contribution in [0.2, 0.25) is 0 Å². The van der Waals surface area contributed by atoms with Crippen molar-refractivity contribution in [3.8, 4) is 5.75 Å². The summed E-state index contributed by atoms with van der Waals surface area (Å²) in [6.07, 6.45) is 1.18. The second-order valence-corrected chi connectivity index (χ2v) is 3.24. The summed E-state index contributed by atoms with van der Waals surface area (Å²) in [7, 11) is 0. The first kappa shape index (κ1) is 7.62. The third kappa shape index (κ3) is 1.18. The lowest BCUT2D eigenvalue weighted by molar-refractivity contribution is 0.0397. The van der Waals surface area contributed by atoms with Gasteiger partial charge in [-0.1, -0.05) is 12.1 Å². The number of phenols is 1. The fourth-order valence-corrected chi connectivity index (χ4v) is 1.57. The van der Waals surface area contributed by atoms with Crippen LogP contribution >= 0.6 is 0 Å². The molecule has 0 aliphatic carbocycles. The molecule has 2 rings (SSSR count). The van der Waals surface area contributed by atoms with Crippen LogP contribution in [-0.4, -0.2) is 11.2 Å². The molecule has 0 fully saturated rings. The van der Waals surface area contributed by atoms with E-state index in [1.54, 1.807) is 6.07 Å². The number of aromatic hydroxyl groups is 1. The molecule has 1 atom stereocenters. The third-order valence-corrected chi connectivity index (χ3v) is 2.27. The summed E-state index contributed by atoms with van der Waals surface area (Å²) < 4.78 is 5.43. The van der Waals surface area contributed by atoms with Crippen LogP contribution in [-0.2, 0) is 17.8 Å². The van der Waals surface area contributed by atoms with Crippen LogP contribution in [0.25, 0.3) is 0 Å². The molecule has 12 heavy (non-hydrogen) atoms. The first-order chi connectivity index (χ1) is 5.77. The van der Waals surface area contributed by atoms with Crippen molar-refractivity contribution in [2.24, 2.45) is 0 Å². The maximum atomic E-state index is 9.46. The van der Waals surface area contributed by atoms with Crippen LogP contribution in [0.1, 0.15) is 18.1 Å². The normalized spacial score (nSPS) is 21.9. The third-order valence-electron chi connectivity index (χ3n) is 2.27. The van der Waals surface area contributed by atoms with Gasteiger partial charge >= 0.3 is 0 Å². The maximum absolute atomic E-state index is 9.46. The summed E-state index contributed by atoms with van der Waals surface area (Å²) in [4.78, 5) is 0. The number of phenolic OH excluding ortho intramolecular Hbond substituents is 1. The van der Waals surface area contributed by atoms with Crippen LogP contribution in [0.15, 0.2) is 18.2 Å². The second kappa shape index (κ2) is 2.79. The molecule has 1 aliphatic heterocycles. The van der Waals surface area contributed by atoms with E-state index in [0.717, 1.165) is 12.0 Å². The topological polar surface area (TPSA) is 29.5 Å². The zero-order valence-electron chi connectivity index (χ0n) is 7.08. The van der Waals surface area contributed by atoms with Gasteiger partial charge in [-0.3, -0.25) is 0 Å². The Balaban J connectivity index is 2.42. The van der Waals surface area contributed by atoms with Gasteiger partial charge in [-0.2, -0.15) is 0 Å². The fraction of sp³-hybridized carbons (Fsp3) is 0.400. The highest BCUT2D eigenvalue weighted by atomic mass is 16.5. The van der Waals surface area contributed by atoms with E-state index in [1.165, 1.54) is 5.56 Å². The van der Waals surface area contributed by atoms with E-state index in [-0.39, 0.29) is 6.10 Å². The van der Waals surface area contributed by atoms with E-state index < -0.39 is 0 Å². The van der Waals surface area contributed by atoms with Gasteiger partial charge in [-0.05, 0) is 25.0 Å². The van der Waals surface area contributed by atoms with E-state index in [4.69, 9.17) is 4.74 Å². The molecule has 0 saturated heterocycles. The van der Waals surface area contributed by atoms with Gasteiger partial charge in [0, 0.05) is 5.56 Å². The lowest BCUT2D eigenvalue weighted by atomic mass is 9.99. The van der Waals surface area contributed by atoms with E-state index in [9.17, 15) is 5.11 Å². The Morgan fingerprint density at radius 1 is 1.50 bits per heavy atom. The molecular formula is C10H12O2. The second-order valence-electron chi connectivity index (χ2n) is 3.24. The van der Waals surface area contributed by atoms with Gasteiger partial charge in [0.25, 0.3) is 0 Å². The molecular weight excluding hydrogens is 152 g/mol. The van der Waals surface area contributed by atoms with Crippen molar-refractivity contribution in [3.63, 3.8) is 0 Å². The summed E-state index contributed by atoms with van der Waals surface area (Å²) in [6.45, 7) is 2.59. The molecule has 0 saturated carbocycles. The number of hydrogen-bond acceptors (Lipinski definition) is 2. The first-order valence-electron chi connectivity index (χ1n) is 4.18. The average molecular weight is 164 g/mol. The van der Waals surface area contributed by atoms with Crippen LogP contribution in [0, 0.1) is 0 Å². The summed E-state index contributed by atoms with van der Waals surface area (Å²) in [6, 6.07) is 5.64. The quantitative estimate of drug-likeness (QED) is 0.634. The molecule has 1 N–H and O–H groups in total. The molecule has 1 aromatic carbocycles. The van der Waals surface area contributed by atoms with Crippen LogP contribution in [0.4, 0.5) is 0 Å². The number of rotatable bonds is 0. The minimum absolute atomic E-state index is 0.277. The number of fused-ring (bicyclic) bond motifs is 1. The van der Waals surface area contributed by atoms with Crippen molar-refractivity contribution in [2.45, 2.75) is 26.1 Å². The average Bonchev–Trinajstić information content (AvgIpc) is 2.04. The van der Waals surface area contributed by atoms with E-state index in [1.807, 2.05) is 19.1 Å². The lowest BCUT2D eigenvalue weighted by Gasteiger charge is -2.22. The highest BCUT2D eigenvalue weighted by molar-refractivity contribution is 5.39. The Hall–Kier alpha value is -1.02. The number of hydrogen-bond donors (Lipinski definition) is 1. The number of ether oxygens (including phenoxy) is 1. The van der Waals surface area contributed by atoms with Crippen LogP contribution < -0.4 is 0 Å². The van der Waals surface area contributed by atoms with Gasteiger partial charge in [-0.25, -0.2) is 0 Å². The minimum atomic E-state index is 0.277. The summed E-state index contributed by atoms with van der Waals surface area (Å²) in [5.74, 6) is 0.361. The van der Waals surface area contributed by atoms with Crippen molar-refractivity contribution in [2.75, 3.05) is 0 Å². The van der Waals surface area contributed by atoms with Crippen molar-refractivity contribution in [1.82, 2.24) is 0 Å². The van der Waals surface area contributed by atoms with Gasteiger partial charge in [0.2, 0.25) is 0 Å². The van der Waals surface area contributed by atoms with Crippen molar-refractivity contribution < 1.29 is 9.84 Å². The molecule has 0 unspecified atom stereocenters. The molecule has 0 spiro atoms. The molecule has 0 aromatic heterocycles. The molecule has 0 amide bonds. The van der Waals surface area contributed by atoms with Gasteiger partial charge in [0.05, 0.1) is 12.7 Å². The highest BCUT2D eigenvalue weighted by Gasteiger charge is 2.17. The van der Waals surface area contributed by atoms with E-state index in [2.05, 4.69) is 0 Å². The predicted octanol–water partition coefficient (Wildman–Crippen LogP) is 1.85. The Labute approximate surface area is 71.8 Å². The first-order valence-corrected chi connectivity index (χ1v) is 4.18. The van der Waals surface area contributed by atoms with Crippen molar-refractivity contribution in [1.29, 1.82) is 0 Å². The van der Waals surface area contributed by atoms with Crippen molar-refractivity contribution in [3.05, 3.63) is 29.3 Å². The molecule has 1 heterocycles. The smallest absolute Gasteiger partial charge is 0.121 e. The predicted molar refractivity (Wildman–Crippen MR) is 46.1 cm³/mol. The lowest BCUT2D eigenvalue weighted by Crippen LogP contribution is -2.18. The van der Waals surface area contributed by atoms with Crippen LogP contribution in [0.3, 0.4) is 0 Å². The monoisotopic (exact) mass is 164 g/mol. The zero-order chi connectivity index (χ0) is 8.55. The zero-order valence-corrected chi connectivity index (χ0v) is 7.08. The summed E-state index contributed by atoms with van der Waals surface area (Å²) >= 11 is 0. The fourth-order valence-electron chi connectivity index (χ4n) is 1.57.